The SMILES string of the molecule is CCCCN(C=O)/C=C/Nc1ccccn1. The second-order valence-electron chi connectivity index (χ2n) is 3.37. The van der Waals surface area contributed by atoms with Crippen molar-refractivity contribution in [1.29, 1.82) is 0 Å². The number of rotatable bonds is 7. The van der Waals surface area contributed by atoms with Gasteiger partial charge in [0.15, 0.2) is 0 Å². The summed E-state index contributed by atoms with van der Waals surface area (Å²) in [5.74, 6) is 0.764. The van der Waals surface area contributed by atoms with E-state index in [4.69, 9.17) is 0 Å². The molecule has 86 valence electrons. The molecule has 0 aliphatic rings. The fraction of sp³-hybridized carbons (Fsp3) is 0.333. The van der Waals surface area contributed by atoms with E-state index in [2.05, 4.69) is 17.2 Å². The maximum absolute atomic E-state index is 10.7. The van der Waals surface area contributed by atoms with Crippen molar-refractivity contribution < 1.29 is 4.79 Å². The minimum absolute atomic E-state index is 0.750. The number of amides is 1. The molecule has 1 aromatic rings. The van der Waals surface area contributed by atoms with E-state index in [9.17, 15) is 4.79 Å². The van der Waals surface area contributed by atoms with Gasteiger partial charge in [0.1, 0.15) is 5.82 Å². The molecule has 0 saturated heterocycles. The van der Waals surface area contributed by atoms with Gasteiger partial charge in [-0.25, -0.2) is 4.98 Å². The third kappa shape index (κ3) is 4.59. The van der Waals surface area contributed by atoms with Gasteiger partial charge in [0, 0.05) is 25.1 Å². The van der Waals surface area contributed by atoms with Crippen molar-refractivity contribution in [2.45, 2.75) is 19.8 Å². The van der Waals surface area contributed by atoms with Crippen LogP contribution in [0.25, 0.3) is 0 Å². The molecule has 0 spiro atoms. The Morgan fingerprint density at radius 1 is 1.50 bits per heavy atom. The van der Waals surface area contributed by atoms with E-state index >= 15 is 0 Å². The standard InChI is InChI=1S/C12H17N3O/c1-2-3-9-15(11-16)10-8-14-12-6-4-5-7-13-12/h4-8,10-11H,2-3,9H2,1H3,(H,13,14)/b10-8+. The molecule has 0 saturated carbocycles. The van der Waals surface area contributed by atoms with Crippen LogP contribution in [-0.2, 0) is 4.79 Å². The van der Waals surface area contributed by atoms with Gasteiger partial charge in [-0.15, -0.1) is 0 Å². The van der Waals surface area contributed by atoms with Crippen molar-refractivity contribution >= 4 is 12.2 Å². The zero-order chi connectivity index (χ0) is 11.6. The van der Waals surface area contributed by atoms with Crippen molar-refractivity contribution in [3.05, 3.63) is 36.8 Å². The number of nitrogens with one attached hydrogen (secondary N) is 1. The first-order chi connectivity index (χ1) is 7.86. The molecule has 0 radical (unpaired) electrons. The Morgan fingerprint density at radius 2 is 2.38 bits per heavy atom. The Morgan fingerprint density at radius 3 is 3.00 bits per heavy atom. The fourth-order valence-electron chi connectivity index (χ4n) is 1.17. The molecular weight excluding hydrogens is 202 g/mol. The summed E-state index contributed by atoms with van der Waals surface area (Å²) in [6.07, 6.45) is 8.05. The van der Waals surface area contributed by atoms with Crippen LogP contribution >= 0.6 is 0 Å². The quantitative estimate of drug-likeness (QED) is 0.715. The summed E-state index contributed by atoms with van der Waals surface area (Å²) in [5, 5.41) is 2.99. The van der Waals surface area contributed by atoms with Gasteiger partial charge in [-0.2, -0.15) is 0 Å². The molecular formula is C12H17N3O. The maximum atomic E-state index is 10.7. The van der Waals surface area contributed by atoms with Gasteiger partial charge in [-0.1, -0.05) is 19.4 Å². The maximum Gasteiger partial charge on any atom is 0.213 e. The molecule has 0 fully saturated rings. The molecule has 1 amide bonds. The number of aromatic nitrogens is 1. The van der Waals surface area contributed by atoms with Crippen molar-refractivity contribution in [1.82, 2.24) is 9.88 Å². The van der Waals surface area contributed by atoms with E-state index in [1.807, 2.05) is 18.2 Å². The van der Waals surface area contributed by atoms with Crippen LogP contribution in [0.5, 0.6) is 0 Å². The number of nitrogens with zero attached hydrogens (tertiary/aromatic N) is 2. The normalized spacial score (nSPS) is 10.3. The van der Waals surface area contributed by atoms with Crippen molar-refractivity contribution in [3.63, 3.8) is 0 Å². The number of anilines is 1. The van der Waals surface area contributed by atoms with Crippen LogP contribution in [0, 0.1) is 0 Å². The van der Waals surface area contributed by atoms with E-state index in [-0.39, 0.29) is 0 Å². The Kier molecular flexibility index (Phi) is 5.70. The van der Waals surface area contributed by atoms with Crippen LogP contribution in [0.4, 0.5) is 5.82 Å². The lowest BCUT2D eigenvalue weighted by Gasteiger charge is -2.10. The average molecular weight is 219 g/mol. The molecule has 1 heterocycles. The smallest absolute Gasteiger partial charge is 0.213 e. The Bertz CT molecular complexity index is 324. The molecule has 16 heavy (non-hydrogen) atoms. The van der Waals surface area contributed by atoms with Crippen LogP contribution < -0.4 is 5.32 Å². The van der Waals surface area contributed by atoms with Gasteiger partial charge < -0.3 is 10.2 Å². The third-order valence-electron chi connectivity index (χ3n) is 2.07. The van der Waals surface area contributed by atoms with Crippen LogP contribution in [0.2, 0.25) is 0 Å². The van der Waals surface area contributed by atoms with Gasteiger partial charge in [0.25, 0.3) is 0 Å². The van der Waals surface area contributed by atoms with Gasteiger partial charge in [0.2, 0.25) is 6.41 Å². The molecule has 0 atom stereocenters. The number of carbonyl (C=O) groups is 1. The summed E-state index contributed by atoms with van der Waals surface area (Å²) in [5.41, 5.74) is 0. The molecule has 0 aromatic carbocycles. The van der Waals surface area contributed by atoms with Crippen LogP contribution in [0.3, 0.4) is 0 Å². The Balaban J connectivity index is 2.37. The predicted molar refractivity (Wildman–Crippen MR) is 64.7 cm³/mol. The summed E-state index contributed by atoms with van der Waals surface area (Å²) in [7, 11) is 0. The van der Waals surface area contributed by atoms with Crippen molar-refractivity contribution in [2.75, 3.05) is 11.9 Å². The van der Waals surface area contributed by atoms with E-state index in [1.54, 1.807) is 23.5 Å². The number of hydrogen-bond acceptors (Lipinski definition) is 3. The van der Waals surface area contributed by atoms with Gasteiger partial charge in [-0.3, -0.25) is 4.79 Å². The van der Waals surface area contributed by atoms with Crippen molar-refractivity contribution in [2.24, 2.45) is 0 Å². The predicted octanol–water partition coefficient (Wildman–Crippen LogP) is 2.22. The van der Waals surface area contributed by atoms with Crippen LogP contribution in [0.1, 0.15) is 19.8 Å². The second-order valence-corrected chi connectivity index (χ2v) is 3.37. The highest BCUT2D eigenvalue weighted by molar-refractivity contribution is 5.49. The lowest BCUT2D eigenvalue weighted by molar-refractivity contribution is -0.115. The second kappa shape index (κ2) is 7.45. The first-order valence-electron chi connectivity index (χ1n) is 5.42. The third-order valence-corrected chi connectivity index (χ3v) is 2.07. The number of hydrogen-bond donors (Lipinski definition) is 1. The van der Waals surface area contributed by atoms with Gasteiger partial charge in [-0.05, 0) is 18.6 Å². The zero-order valence-electron chi connectivity index (χ0n) is 9.47. The van der Waals surface area contributed by atoms with Gasteiger partial charge in [0.05, 0.1) is 0 Å². The largest absolute Gasteiger partial charge is 0.345 e. The number of carbonyl (C=O) groups excluding carboxylic acids is 1. The Hall–Kier alpha value is -1.84. The number of pyridine rings is 1. The highest BCUT2D eigenvalue weighted by Gasteiger charge is 1.94. The highest BCUT2D eigenvalue weighted by Crippen LogP contribution is 1.99. The van der Waals surface area contributed by atoms with Crippen molar-refractivity contribution in [3.8, 4) is 0 Å². The molecule has 1 aromatic heterocycles. The van der Waals surface area contributed by atoms with Crippen LogP contribution in [0.15, 0.2) is 36.8 Å². The van der Waals surface area contributed by atoms with Crippen LogP contribution in [-0.4, -0.2) is 22.8 Å². The number of unbranched alkanes of at least 4 members (excludes halogenated alkanes) is 1. The summed E-state index contributed by atoms with van der Waals surface area (Å²) in [4.78, 5) is 16.4. The van der Waals surface area contributed by atoms with E-state index in [0.717, 1.165) is 31.6 Å². The monoisotopic (exact) mass is 219 g/mol. The first kappa shape index (κ1) is 12.2. The molecule has 4 heteroatoms. The lowest BCUT2D eigenvalue weighted by atomic mass is 10.3. The summed E-state index contributed by atoms with van der Waals surface area (Å²) in [6, 6.07) is 5.62. The molecule has 0 aliphatic carbocycles. The fourth-order valence-corrected chi connectivity index (χ4v) is 1.17. The minimum atomic E-state index is 0.750. The highest BCUT2D eigenvalue weighted by atomic mass is 16.1. The molecule has 0 aliphatic heterocycles. The molecule has 1 rings (SSSR count). The zero-order valence-corrected chi connectivity index (χ0v) is 9.47. The summed E-state index contributed by atoms with van der Waals surface area (Å²) >= 11 is 0. The lowest BCUT2D eigenvalue weighted by Crippen LogP contribution is -2.16. The topological polar surface area (TPSA) is 45.2 Å². The minimum Gasteiger partial charge on any atom is -0.345 e. The van der Waals surface area contributed by atoms with Gasteiger partial charge >= 0.3 is 0 Å². The van der Waals surface area contributed by atoms with E-state index in [1.165, 1.54) is 0 Å². The summed E-state index contributed by atoms with van der Waals surface area (Å²) in [6.45, 7) is 2.85. The van der Waals surface area contributed by atoms with E-state index in [0.29, 0.717) is 0 Å². The summed E-state index contributed by atoms with van der Waals surface area (Å²) < 4.78 is 0. The average Bonchev–Trinajstić information content (AvgIpc) is 2.35. The molecule has 0 unspecified atom stereocenters. The van der Waals surface area contributed by atoms with E-state index < -0.39 is 0 Å². The first-order valence-corrected chi connectivity index (χ1v) is 5.42. The molecule has 0 bridgehead atoms. The molecule has 1 N–H and O–H groups in total. The Labute approximate surface area is 96.0 Å². The molecule has 4 nitrogen and oxygen atoms in total.